The van der Waals surface area contributed by atoms with Crippen LogP contribution in [0.3, 0.4) is 0 Å². The lowest BCUT2D eigenvalue weighted by Crippen LogP contribution is -2.41. The molecule has 6 nitrogen and oxygen atoms in total. The topological polar surface area (TPSA) is 71.5 Å². The van der Waals surface area contributed by atoms with Gasteiger partial charge in [0.2, 0.25) is 5.88 Å². The number of benzene rings is 1. The lowest BCUT2D eigenvalue weighted by Gasteiger charge is -2.21. The Morgan fingerprint density at radius 2 is 1.77 bits per heavy atom. The van der Waals surface area contributed by atoms with Gasteiger partial charge in [-0.3, -0.25) is 0 Å². The highest BCUT2D eigenvalue weighted by molar-refractivity contribution is 7.87. The molecule has 0 atom stereocenters. The zero-order valence-electron chi connectivity index (χ0n) is 15.0. The molecular weight excluding hydrogens is 357 g/mol. The number of nitrogens with one attached hydrogen (secondary N) is 1. The summed E-state index contributed by atoms with van der Waals surface area (Å²) in [4.78, 5) is 4.09. The third kappa shape index (κ3) is 6.05. The van der Waals surface area contributed by atoms with Gasteiger partial charge in [0.15, 0.2) is 0 Å². The number of halogens is 1. The molecule has 1 heterocycles. The van der Waals surface area contributed by atoms with Gasteiger partial charge in [-0.2, -0.15) is 17.4 Å². The van der Waals surface area contributed by atoms with Gasteiger partial charge >= 0.3 is 0 Å². The first-order chi connectivity index (χ1) is 12.4. The first-order valence-electron chi connectivity index (χ1n) is 8.57. The molecule has 2 aromatic rings. The number of hydrogen-bond donors (Lipinski definition) is 1. The monoisotopic (exact) mass is 381 g/mol. The largest absolute Gasteiger partial charge is 0.439 e. The second-order valence-corrected chi connectivity index (χ2v) is 7.54. The maximum atomic E-state index is 12.9. The van der Waals surface area contributed by atoms with Crippen molar-refractivity contribution in [3.8, 4) is 11.6 Å². The van der Waals surface area contributed by atoms with Crippen LogP contribution in [0.25, 0.3) is 0 Å². The minimum atomic E-state index is -3.54. The Kier molecular flexibility index (Phi) is 7.50. The van der Waals surface area contributed by atoms with Gasteiger partial charge < -0.3 is 4.74 Å². The predicted octanol–water partition coefficient (Wildman–Crippen LogP) is 3.47. The smallest absolute Gasteiger partial charge is 0.279 e. The van der Waals surface area contributed by atoms with E-state index in [4.69, 9.17) is 4.74 Å². The van der Waals surface area contributed by atoms with E-state index in [1.54, 1.807) is 18.3 Å². The van der Waals surface area contributed by atoms with Crippen LogP contribution in [0.4, 0.5) is 4.39 Å². The van der Waals surface area contributed by atoms with Crippen LogP contribution in [0.2, 0.25) is 0 Å². The van der Waals surface area contributed by atoms with Gasteiger partial charge in [0.25, 0.3) is 10.2 Å². The van der Waals surface area contributed by atoms with Crippen LogP contribution >= 0.6 is 0 Å². The summed E-state index contributed by atoms with van der Waals surface area (Å²) < 4.78 is 47.4. The first-order valence-corrected chi connectivity index (χ1v) is 10.0. The molecule has 0 aliphatic rings. The zero-order chi connectivity index (χ0) is 19.0. The Morgan fingerprint density at radius 1 is 1.12 bits per heavy atom. The van der Waals surface area contributed by atoms with Crippen LogP contribution in [0.15, 0.2) is 42.6 Å². The van der Waals surface area contributed by atoms with Crippen LogP contribution in [0, 0.1) is 5.82 Å². The second-order valence-electron chi connectivity index (χ2n) is 5.78. The molecule has 1 aromatic heterocycles. The van der Waals surface area contributed by atoms with Gasteiger partial charge in [-0.15, -0.1) is 0 Å². The summed E-state index contributed by atoms with van der Waals surface area (Å²) in [5.74, 6) is 0.415. The molecule has 0 amide bonds. The second kappa shape index (κ2) is 9.61. The maximum Gasteiger partial charge on any atom is 0.279 e. The molecule has 0 fully saturated rings. The average Bonchev–Trinajstić information content (AvgIpc) is 2.62. The highest BCUT2D eigenvalue weighted by Gasteiger charge is 2.19. The van der Waals surface area contributed by atoms with Crippen molar-refractivity contribution < 1.29 is 17.5 Å². The molecule has 0 radical (unpaired) electrons. The molecule has 0 aliphatic carbocycles. The molecule has 8 heteroatoms. The molecule has 1 N–H and O–H groups in total. The van der Waals surface area contributed by atoms with Gasteiger partial charge in [0.05, 0.1) is 0 Å². The Hall–Kier alpha value is -2.03. The minimum absolute atomic E-state index is 0.133. The lowest BCUT2D eigenvalue weighted by molar-refractivity contribution is 0.401. The van der Waals surface area contributed by atoms with E-state index < -0.39 is 10.2 Å². The van der Waals surface area contributed by atoms with E-state index in [9.17, 15) is 12.8 Å². The van der Waals surface area contributed by atoms with Crippen LogP contribution in [0.5, 0.6) is 11.6 Å². The Morgan fingerprint density at radius 3 is 2.38 bits per heavy atom. The van der Waals surface area contributed by atoms with Gasteiger partial charge in [-0.05, 0) is 48.7 Å². The van der Waals surface area contributed by atoms with Crippen molar-refractivity contribution >= 4 is 10.2 Å². The number of rotatable bonds is 10. The van der Waals surface area contributed by atoms with Gasteiger partial charge in [-0.25, -0.2) is 9.37 Å². The first kappa shape index (κ1) is 20.3. The standard InChI is InChI=1S/C18H24FN3O3S/c1-3-11-22(12-4-2)26(23,24)21-14-15-9-10-20-18(13-15)25-17-7-5-16(19)6-8-17/h5-10,13,21H,3-4,11-12,14H2,1-2H3. The van der Waals surface area contributed by atoms with E-state index in [0.717, 1.165) is 12.8 Å². The van der Waals surface area contributed by atoms with Crippen LogP contribution in [-0.2, 0) is 16.8 Å². The summed E-state index contributed by atoms with van der Waals surface area (Å²) in [7, 11) is -3.54. The molecule has 0 bridgehead atoms. The molecule has 1 aromatic carbocycles. The number of pyridine rings is 1. The van der Waals surface area contributed by atoms with E-state index in [0.29, 0.717) is 30.3 Å². The third-order valence-corrected chi connectivity index (χ3v) is 5.13. The predicted molar refractivity (Wildman–Crippen MR) is 98.6 cm³/mol. The number of nitrogens with zero attached hydrogens (tertiary/aromatic N) is 2. The van der Waals surface area contributed by atoms with E-state index in [1.165, 1.54) is 28.6 Å². The normalized spacial score (nSPS) is 11.7. The van der Waals surface area contributed by atoms with Crippen molar-refractivity contribution in [2.75, 3.05) is 13.1 Å². The van der Waals surface area contributed by atoms with Crippen molar-refractivity contribution in [1.82, 2.24) is 14.0 Å². The van der Waals surface area contributed by atoms with Crippen molar-refractivity contribution in [3.63, 3.8) is 0 Å². The summed E-state index contributed by atoms with van der Waals surface area (Å²) in [5, 5.41) is 0. The van der Waals surface area contributed by atoms with E-state index in [-0.39, 0.29) is 12.4 Å². The Bertz CT molecular complexity index is 792. The summed E-state index contributed by atoms with van der Waals surface area (Å²) in [6.45, 7) is 4.99. The van der Waals surface area contributed by atoms with Crippen LogP contribution < -0.4 is 9.46 Å². The molecule has 0 saturated heterocycles. The van der Waals surface area contributed by atoms with Crippen molar-refractivity contribution in [2.24, 2.45) is 0 Å². The number of aromatic nitrogens is 1. The average molecular weight is 381 g/mol. The summed E-state index contributed by atoms with van der Waals surface area (Å²) >= 11 is 0. The number of hydrogen-bond acceptors (Lipinski definition) is 4. The molecule has 0 spiro atoms. The van der Waals surface area contributed by atoms with Gasteiger partial charge in [0.1, 0.15) is 11.6 Å². The molecule has 2 rings (SSSR count). The number of ether oxygens (including phenoxy) is 1. The lowest BCUT2D eigenvalue weighted by atomic mass is 10.3. The van der Waals surface area contributed by atoms with Crippen molar-refractivity contribution in [2.45, 2.75) is 33.2 Å². The third-order valence-electron chi connectivity index (χ3n) is 3.58. The maximum absolute atomic E-state index is 12.9. The molecule has 0 unspecified atom stereocenters. The van der Waals surface area contributed by atoms with Crippen LogP contribution in [-0.4, -0.2) is 30.8 Å². The quantitative estimate of drug-likeness (QED) is 0.684. The summed E-state index contributed by atoms with van der Waals surface area (Å²) in [5.41, 5.74) is 0.716. The van der Waals surface area contributed by atoms with Crippen molar-refractivity contribution in [1.29, 1.82) is 0 Å². The van der Waals surface area contributed by atoms with E-state index in [2.05, 4.69) is 9.71 Å². The zero-order valence-corrected chi connectivity index (χ0v) is 15.8. The highest BCUT2D eigenvalue weighted by Crippen LogP contribution is 2.20. The molecular formula is C18H24FN3O3S. The highest BCUT2D eigenvalue weighted by atomic mass is 32.2. The van der Waals surface area contributed by atoms with E-state index >= 15 is 0 Å². The van der Waals surface area contributed by atoms with Gasteiger partial charge in [-0.1, -0.05) is 13.8 Å². The van der Waals surface area contributed by atoms with Gasteiger partial charge in [0, 0.05) is 31.9 Å². The Labute approximate surface area is 154 Å². The molecule has 0 aliphatic heterocycles. The minimum Gasteiger partial charge on any atom is -0.439 e. The molecule has 142 valence electrons. The fourth-order valence-electron chi connectivity index (χ4n) is 2.36. The molecule has 26 heavy (non-hydrogen) atoms. The Balaban J connectivity index is 2.02. The van der Waals surface area contributed by atoms with E-state index in [1.807, 2.05) is 13.8 Å². The molecule has 0 saturated carbocycles. The SMILES string of the molecule is CCCN(CCC)S(=O)(=O)NCc1ccnc(Oc2ccc(F)cc2)c1. The van der Waals surface area contributed by atoms with Crippen molar-refractivity contribution in [3.05, 3.63) is 54.0 Å². The summed E-state index contributed by atoms with van der Waals surface area (Å²) in [6, 6.07) is 8.95. The summed E-state index contributed by atoms with van der Waals surface area (Å²) in [6.07, 6.45) is 3.05. The van der Waals surface area contributed by atoms with Crippen LogP contribution in [0.1, 0.15) is 32.3 Å². The fourth-order valence-corrected chi connectivity index (χ4v) is 3.73. The fraction of sp³-hybridized carbons (Fsp3) is 0.389.